The van der Waals surface area contributed by atoms with E-state index in [1.54, 1.807) is 0 Å². The van der Waals surface area contributed by atoms with Crippen molar-refractivity contribution < 1.29 is 17.6 Å². The molecule has 1 aliphatic carbocycles. The average Bonchev–Trinajstić information content (AvgIpc) is 2.76. The largest absolute Gasteiger partial charge is 0.369 e. The number of amides is 1. The molecule has 2 atom stereocenters. The molecular weight excluding hydrogens is 377 g/mol. The number of pyridine rings is 1. The van der Waals surface area contributed by atoms with Crippen LogP contribution in [0.5, 0.6) is 0 Å². The molecule has 6 nitrogen and oxygen atoms in total. The first-order chi connectivity index (χ1) is 10.1. The smallest absolute Gasteiger partial charge is 0.224 e. The number of sulfonamides is 1. The second-order valence-corrected chi connectivity index (χ2v) is 8.38. The summed E-state index contributed by atoms with van der Waals surface area (Å²) in [5.41, 5.74) is 5.21. The Morgan fingerprint density at radius 1 is 1.64 bits per heavy atom. The van der Waals surface area contributed by atoms with E-state index in [2.05, 4.69) is 25.6 Å². The lowest BCUT2D eigenvalue weighted by atomic mass is 9.80. The Morgan fingerprint density at radius 3 is 2.86 bits per heavy atom. The minimum absolute atomic E-state index is 0.253. The summed E-state index contributed by atoms with van der Waals surface area (Å²) >= 11 is 3.08. The molecule has 1 aromatic rings. The van der Waals surface area contributed by atoms with Gasteiger partial charge in [-0.15, -0.1) is 0 Å². The van der Waals surface area contributed by atoms with E-state index >= 15 is 0 Å². The monoisotopic (exact) mass is 393 g/mol. The van der Waals surface area contributed by atoms with Crippen molar-refractivity contribution in [2.24, 2.45) is 11.1 Å². The zero-order valence-electron chi connectivity index (χ0n) is 12.0. The Hall–Kier alpha value is -1.06. The predicted octanol–water partition coefficient (Wildman–Crippen LogP) is 1.10. The standard InChI is InChI=1S/C13H17BrFN3O3S/c1-22(20,21)18-8-2-3-13(5-8,12(16)19)6-9-4-10(14)11(15)7-17-9/h4,7-8,18H,2-3,5-6H2,1H3,(H2,16,19)/t8-,13-/m0/s1. The minimum atomic E-state index is -3.34. The fourth-order valence-electron chi connectivity index (χ4n) is 2.90. The Morgan fingerprint density at radius 2 is 2.32 bits per heavy atom. The van der Waals surface area contributed by atoms with Gasteiger partial charge < -0.3 is 5.73 Å². The van der Waals surface area contributed by atoms with Gasteiger partial charge in [-0.05, 0) is 41.3 Å². The van der Waals surface area contributed by atoms with Crippen LogP contribution in [0.15, 0.2) is 16.7 Å². The SMILES string of the molecule is CS(=O)(=O)N[C@H]1CC[C@](Cc2cc(Br)c(F)cn2)(C(N)=O)C1. The van der Waals surface area contributed by atoms with Crippen LogP contribution < -0.4 is 10.5 Å². The maximum absolute atomic E-state index is 13.2. The zero-order chi connectivity index (χ0) is 16.5. The molecule has 0 aliphatic heterocycles. The van der Waals surface area contributed by atoms with E-state index in [1.807, 2.05) is 0 Å². The van der Waals surface area contributed by atoms with Gasteiger partial charge in [-0.3, -0.25) is 9.78 Å². The molecule has 0 unspecified atom stereocenters. The number of nitrogens with two attached hydrogens (primary N) is 1. The lowest BCUT2D eigenvalue weighted by Crippen LogP contribution is -2.40. The summed E-state index contributed by atoms with van der Waals surface area (Å²) in [6.45, 7) is 0. The van der Waals surface area contributed by atoms with Crippen molar-refractivity contribution in [3.8, 4) is 0 Å². The van der Waals surface area contributed by atoms with E-state index in [-0.39, 0.29) is 16.9 Å². The Bertz CT molecular complexity index is 698. The van der Waals surface area contributed by atoms with E-state index < -0.39 is 27.2 Å². The summed E-state index contributed by atoms with van der Waals surface area (Å²) in [6, 6.07) is 1.18. The van der Waals surface area contributed by atoms with E-state index in [1.165, 1.54) is 6.07 Å². The van der Waals surface area contributed by atoms with Crippen LogP contribution in [0.3, 0.4) is 0 Å². The van der Waals surface area contributed by atoms with Gasteiger partial charge in [-0.2, -0.15) is 0 Å². The first-order valence-electron chi connectivity index (χ1n) is 6.68. The number of rotatable bonds is 5. The molecule has 122 valence electrons. The number of halogens is 2. The molecule has 0 spiro atoms. The van der Waals surface area contributed by atoms with Crippen LogP contribution in [0, 0.1) is 11.2 Å². The third-order valence-corrected chi connectivity index (χ3v) is 5.27. The minimum Gasteiger partial charge on any atom is -0.369 e. The van der Waals surface area contributed by atoms with Gasteiger partial charge in [-0.25, -0.2) is 17.5 Å². The molecular formula is C13H17BrFN3O3S. The highest BCUT2D eigenvalue weighted by Gasteiger charge is 2.45. The van der Waals surface area contributed by atoms with E-state index in [4.69, 9.17) is 5.73 Å². The molecule has 9 heteroatoms. The van der Waals surface area contributed by atoms with E-state index in [0.717, 1.165) is 12.5 Å². The lowest BCUT2D eigenvalue weighted by Gasteiger charge is -2.25. The summed E-state index contributed by atoms with van der Waals surface area (Å²) in [6.07, 6.45) is 3.71. The fraction of sp³-hybridized carbons (Fsp3) is 0.538. The van der Waals surface area contributed by atoms with Crippen LogP contribution in [-0.4, -0.2) is 31.6 Å². The van der Waals surface area contributed by atoms with Gasteiger partial charge in [-0.1, -0.05) is 0 Å². The number of nitrogens with zero attached hydrogens (tertiary/aromatic N) is 1. The Balaban J connectivity index is 2.20. The first-order valence-corrected chi connectivity index (χ1v) is 9.37. The molecule has 1 saturated carbocycles. The van der Waals surface area contributed by atoms with Gasteiger partial charge in [0.15, 0.2) is 5.82 Å². The van der Waals surface area contributed by atoms with Gasteiger partial charge in [0, 0.05) is 18.2 Å². The summed E-state index contributed by atoms with van der Waals surface area (Å²) < 4.78 is 38.7. The molecule has 1 heterocycles. The Labute approximate surface area is 136 Å². The highest BCUT2D eigenvalue weighted by Crippen LogP contribution is 2.41. The number of carbonyl (C=O) groups is 1. The molecule has 1 aromatic heterocycles. The molecule has 0 aromatic carbocycles. The van der Waals surface area contributed by atoms with Crippen molar-refractivity contribution in [2.45, 2.75) is 31.7 Å². The van der Waals surface area contributed by atoms with Gasteiger partial charge in [0.05, 0.1) is 22.3 Å². The van der Waals surface area contributed by atoms with Crippen LogP contribution in [-0.2, 0) is 21.2 Å². The van der Waals surface area contributed by atoms with Crippen molar-refractivity contribution in [1.29, 1.82) is 0 Å². The number of primary amides is 1. The van der Waals surface area contributed by atoms with Crippen molar-refractivity contribution in [3.63, 3.8) is 0 Å². The van der Waals surface area contributed by atoms with Crippen LogP contribution in [0.25, 0.3) is 0 Å². The Kier molecular flexibility index (Phi) is 4.88. The summed E-state index contributed by atoms with van der Waals surface area (Å²) in [7, 11) is -3.34. The van der Waals surface area contributed by atoms with Gasteiger partial charge in [0.25, 0.3) is 0 Å². The van der Waals surface area contributed by atoms with Crippen LogP contribution in [0.4, 0.5) is 4.39 Å². The first kappa shape index (κ1) is 17.3. The molecule has 1 fully saturated rings. The lowest BCUT2D eigenvalue weighted by molar-refractivity contribution is -0.127. The highest BCUT2D eigenvalue weighted by molar-refractivity contribution is 9.10. The molecule has 2 rings (SSSR count). The predicted molar refractivity (Wildman–Crippen MR) is 82.8 cm³/mol. The maximum atomic E-state index is 13.2. The third-order valence-electron chi connectivity index (χ3n) is 3.90. The number of aromatic nitrogens is 1. The zero-order valence-corrected chi connectivity index (χ0v) is 14.4. The maximum Gasteiger partial charge on any atom is 0.224 e. The van der Waals surface area contributed by atoms with Crippen LogP contribution in [0.2, 0.25) is 0 Å². The number of hydrogen-bond acceptors (Lipinski definition) is 4. The summed E-state index contributed by atoms with van der Waals surface area (Å²) in [4.78, 5) is 15.9. The number of hydrogen-bond donors (Lipinski definition) is 2. The topological polar surface area (TPSA) is 102 Å². The van der Waals surface area contributed by atoms with Crippen molar-refractivity contribution in [2.75, 3.05) is 6.26 Å². The van der Waals surface area contributed by atoms with Gasteiger partial charge in [0.2, 0.25) is 15.9 Å². The van der Waals surface area contributed by atoms with Crippen LogP contribution in [0.1, 0.15) is 25.0 Å². The quantitative estimate of drug-likeness (QED) is 0.781. The van der Waals surface area contributed by atoms with Crippen molar-refractivity contribution >= 4 is 31.9 Å². The average molecular weight is 394 g/mol. The second kappa shape index (κ2) is 6.21. The van der Waals surface area contributed by atoms with Crippen molar-refractivity contribution in [3.05, 3.63) is 28.2 Å². The van der Waals surface area contributed by atoms with Gasteiger partial charge in [0.1, 0.15) is 0 Å². The molecule has 1 amide bonds. The number of nitrogens with one attached hydrogen (secondary N) is 1. The summed E-state index contributed by atoms with van der Waals surface area (Å²) in [5, 5.41) is 0. The van der Waals surface area contributed by atoms with Crippen molar-refractivity contribution in [1.82, 2.24) is 9.71 Å². The third kappa shape index (κ3) is 4.02. The van der Waals surface area contributed by atoms with E-state index in [9.17, 15) is 17.6 Å². The summed E-state index contributed by atoms with van der Waals surface area (Å²) in [5.74, 6) is -0.979. The van der Waals surface area contributed by atoms with E-state index in [0.29, 0.717) is 25.0 Å². The molecule has 22 heavy (non-hydrogen) atoms. The molecule has 0 radical (unpaired) electrons. The molecule has 3 N–H and O–H groups in total. The van der Waals surface area contributed by atoms with Crippen LogP contribution >= 0.6 is 15.9 Å². The normalized spacial score (nSPS) is 25.3. The number of carbonyl (C=O) groups excluding carboxylic acids is 1. The highest BCUT2D eigenvalue weighted by atomic mass is 79.9. The second-order valence-electron chi connectivity index (χ2n) is 5.74. The molecule has 1 aliphatic rings. The fourth-order valence-corrected chi connectivity index (χ4v) is 4.07. The molecule has 0 saturated heterocycles. The molecule has 0 bridgehead atoms. The van der Waals surface area contributed by atoms with Gasteiger partial charge >= 0.3 is 0 Å².